The summed E-state index contributed by atoms with van der Waals surface area (Å²) < 4.78 is 7.36. The van der Waals surface area contributed by atoms with Crippen molar-refractivity contribution in [1.82, 2.24) is 14.8 Å². The van der Waals surface area contributed by atoms with Gasteiger partial charge in [-0.2, -0.15) is 0 Å². The average molecular weight is 343 g/mol. The highest BCUT2D eigenvalue weighted by Crippen LogP contribution is 2.33. The summed E-state index contributed by atoms with van der Waals surface area (Å²) in [6, 6.07) is 7.73. The fourth-order valence-electron chi connectivity index (χ4n) is 3.39. The molecule has 2 heterocycles. The lowest BCUT2D eigenvalue weighted by Crippen LogP contribution is -2.23. The van der Waals surface area contributed by atoms with Gasteiger partial charge < -0.3 is 9.64 Å². The van der Waals surface area contributed by atoms with Crippen molar-refractivity contribution >= 4 is 17.5 Å². The minimum Gasteiger partial charge on any atom is -0.377 e. The second-order valence-electron chi connectivity index (χ2n) is 6.14. The van der Waals surface area contributed by atoms with Gasteiger partial charge in [-0.1, -0.05) is 29.8 Å². The van der Waals surface area contributed by atoms with Gasteiger partial charge >= 0.3 is 0 Å². The van der Waals surface area contributed by atoms with Crippen LogP contribution in [0.3, 0.4) is 0 Å². The van der Waals surface area contributed by atoms with E-state index in [1.807, 2.05) is 24.3 Å². The quantitative estimate of drug-likeness (QED) is 0.854. The Balaban J connectivity index is 1.72. The van der Waals surface area contributed by atoms with E-state index in [0.29, 0.717) is 17.5 Å². The fraction of sp³-hybridized carbons (Fsp3) is 0.333. The van der Waals surface area contributed by atoms with Gasteiger partial charge in [0.1, 0.15) is 6.61 Å². The standard InChI is InChI=1S/C18H19ClN4O/c1-24-12-17-20-21-18(23(17)16-8-6-15(19)7-9-16)22-10-13-4-2-3-5-14(13)11-22/h2-4,6-9,14H,5,10-12H2,1H3. The SMILES string of the molecule is COCc1nnc(N2CC3=CC=CCC3C2)n1-c1ccc(Cl)cc1. The van der Waals surface area contributed by atoms with Crippen molar-refractivity contribution in [1.29, 1.82) is 0 Å². The molecule has 0 amide bonds. The van der Waals surface area contributed by atoms with Crippen molar-refractivity contribution in [3.63, 3.8) is 0 Å². The molecule has 0 bridgehead atoms. The molecule has 24 heavy (non-hydrogen) atoms. The van der Waals surface area contributed by atoms with Crippen LogP contribution in [0.15, 0.2) is 48.1 Å². The molecular weight excluding hydrogens is 324 g/mol. The summed E-state index contributed by atoms with van der Waals surface area (Å²) in [5.41, 5.74) is 2.46. The number of allylic oxidation sites excluding steroid dienone is 3. The first kappa shape index (κ1) is 15.4. The van der Waals surface area contributed by atoms with Crippen molar-refractivity contribution in [2.24, 2.45) is 5.92 Å². The first-order valence-corrected chi connectivity index (χ1v) is 8.44. The molecule has 124 valence electrons. The molecule has 1 fully saturated rings. The second kappa shape index (κ2) is 6.42. The normalized spacial score (nSPS) is 19.5. The van der Waals surface area contributed by atoms with Gasteiger partial charge in [0.05, 0.1) is 5.69 Å². The molecule has 4 rings (SSSR count). The van der Waals surface area contributed by atoms with E-state index in [-0.39, 0.29) is 0 Å². The number of ether oxygens (including phenoxy) is 1. The number of aromatic nitrogens is 3. The van der Waals surface area contributed by atoms with Gasteiger partial charge in [-0.05, 0) is 36.3 Å². The topological polar surface area (TPSA) is 43.2 Å². The van der Waals surface area contributed by atoms with Crippen LogP contribution in [0.1, 0.15) is 12.2 Å². The summed E-state index contributed by atoms with van der Waals surface area (Å²) in [7, 11) is 1.67. The number of hydrogen-bond donors (Lipinski definition) is 0. The minimum atomic E-state index is 0.414. The second-order valence-corrected chi connectivity index (χ2v) is 6.58. The Hall–Kier alpha value is -2.11. The third kappa shape index (κ3) is 2.74. The smallest absolute Gasteiger partial charge is 0.232 e. The molecule has 2 aromatic rings. The van der Waals surface area contributed by atoms with Crippen molar-refractivity contribution in [2.75, 3.05) is 25.1 Å². The van der Waals surface area contributed by atoms with Crippen LogP contribution in [0.2, 0.25) is 5.02 Å². The monoisotopic (exact) mass is 342 g/mol. The lowest BCUT2D eigenvalue weighted by atomic mass is 9.95. The maximum atomic E-state index is 6.03. The predicted octanol–water partition coefficient (Wildman–Crippen LogP) is 3.39. The van der Waals surface area contributed by atoms with E-state index < -0.39 is 0 Å². The molecule has 0 saturated carbocycles. The number of halogens is 1. The Labute approximate surface area is 146 Å². The third-order valence-electron chi connectivity index (χ3n) is 4.56. The van der Waals surface area contributed by atoms with Crippen LogP contribution < -0.4 is 4.90 Å². The summed E-state index contributed by atoms with van der Waals surface area (Å²) in [4.78, 5) is 2.30. The van der Waals surface area contributed by atoms with Crippen LogP contribution >= 0.6 is 11.6 Å². The van der Waals surface area contributed by atoms with Crippen molar-refractivity contribution in [2.45, 2.75) is 13.0 Å². The number of anilines is 1. The lowest BCUT2D eigenvalue weighted by Gasteiger charge is -2.19. The molecule has 1 aliphatic heterocycles. The van der Waals surface area contributed by atoms with Gasteiger partial charge in [-0.3, -0.25) is 4.57 Å². The molecule has 1 saturated heterocycles. The van der Waals surface area contributed by atoms with Gasteiger partial charge in [0.15, 0.2) is 5.82 Å². The molecule has 5 nitrogen and oxygen atoms in total. The molecular formula is C18H19ClN4O. The van der Waals surface area contributed by atoms with Crippen molar-refractivity contribution in [3.8, 4) is 5.69 Å². The summed E-state index contributed by atoms with van der Waals surface area (Å²) in [5, 5.41) is 9.51. The van der Waals surface area contributed by atoms with Gasteiger partial charge in [0.25, 0.3) is 0 Å². The lowest BCUT2D eigenvalue weighted by molar-refractivity contribution is 0.176. The summed E-state index contributed by atoms with van der Waals surface area (Å²) in [6.45, 7) is 2.28. The van der Waals surface area contributed by atoms with E-state index in [1.54, 1.807) is 7.11 Å². The first-order valence-electron chi connectivity index (χ1n) is 8.06. The van der Waals surface area contributed by atoms with Crippen LogP contribution in [0, 0.1) is 5.92 Å². The molecule has 1 aliphatic carbocycles. The number of fused-ring (bicyclic) bond motifs is 1. The Bertz CT molecular complexity index is 794. The third-order valence-corrected chi connectivity index (χ3v) is 4.81. The van der Waals surface area contributed by atoms with E-state index in [1.165, 1.54) is 5.57 Å². The highest BCUT2D eigenvalue weighted by atomic mass is 35.5. The molecule has 1 atom stereocenters. The van der Waals surface area contributed by atoms with Crippen molar-refractivity contribution < 1.29 is 4.74 Å². The van der Waals surface area contributed by atoms with Gasteiger partial charge in [-0.25, -0.2) is 0 Å². The van der Waals surface area contributed by atoms with E-state index >= 15 is 0 Å². The van der Waals surface area contributed by atoms with Crippen LogP contribution in [-0.2, 0) is 11.3 Å². The van der Waals surface area contributed by atoms with E-state index in [4.69, 9.17) is 16.3 Å². The maximum absolute atomic E-state index is 6.03. The number of hydrogen-bond acceptors (Lipinski definition) is 4. The molecule has 1 aromatic heterocycles. The molecule has 6 heteroatoms. The molecule has 0 N–H and O–H groups in total. The largest absolute Gasteiger partial charge is 0.377 e. The fourth-order valence-corrected chi connectivity index (χ4v) is 3.51. The van der Waals surface area contributed by atoms with E-state index in [0.717, 1.165) is 37.0 Å². The maximum Gasteiger partial charge on any atom is 0.232 e. The number of benzene rings is 1. The van der Waals surface area contributed by atoms with Crippen LogP contribution in [-0.4, -0.2) is 35.0 Å². The van der Waals surface area contributed by atoms with Gasteiger partial charge in [0.2, 0.25) is 5.95 Å². The van der Waals surface area contributed by atoms with Gasteiger partial charge in [0, 0.05) is 31.1 Å². The van der Waals surface area contributed by atoms with E-state index in [9.17, 15) is 0 Å². The van der Waals surface area contributed by atoms with E-state index in [2.05, 4.69) is 37.9 Å². The Morgan fingerprint density at radius 1 is 1.25 bits per heavy atom. The zero-order valence-electron chi connectivity index (χ0n) is 13.5. The number of methoxy groups -OCH3 is 1. The van der Waals surface area contributed by atoms with Crippen molar-refractivity contribution in [3.05, 3.63) is 58.9 Å². The van der Waals surface area contributed by atoms with Gasteiger partial charge in [-0.15, -0.1) is 10.2 Å². The Morgan fingerprint density at radius 2 is 2.08 bits per heavy atom. The number of nitrogens with zero attached hydrogens (tertiary/aromatic N) is 4. The molecule has 1 unspecified atom stereocenters. The molecule has 0 spiro atoms. The Morgan fingerprint density at radius 3 is 2.83 bits per heavy atom. The molecule has 1 aromatic carbocycles. The minimum absolute atomic E-state index is 0.414. The van der Waals surface area contributed by atoms with Crippen LogP contribution in [0.5, 0.6) is 0 Å². The highest BCUT2D eigenvalue weighted by Gasteiger charge is 2.31. The predicted molar refractivity (Wildman–Crippen MR) is 94.6 cm³/mol. The van der Waals surface area contributed by atoms with Crippen LogP contribution in [0.4, 0.5) is 5.95 Å². The van der Waals surface area contributed by atoms with Crippen LogP contribution in [0.25, 0.3) is 5.69 Å². The summed E-state index contributed by atoms with van der Waals surface area (Å²) >= 11 is 6.03. The zero-order valence-corrected chi connectivity index (χ0v) is 14.3. The highest BCUT2D eigenvalue weighted by molar-refractivity contribution is 6.30. The zero-order chi connectivity index (χ0) is 16.5. The summed E-state index contributed by atoms with van der Waals surface area (Å²) in [5.74, 6) is 2.23. The average Bonchev–Trinajstić information content (AvgIpc) is 3.19. The Kier molecular flexibility index (Phi) is 4.12. The molecule has 0 radical (unpaired) electrons. The first-order chi connectivity index (χ1) is 11.8. The summed E-state index contributed by atoms with van der Waals surface area (Å²) in [6.07, 6.45) is 7.71. The number of rotatable bonds is 4. The molecule has 2 aliphatic rings.